The number of halogens is 1. The van der Waals surface area contributed by atoms with Crippen LogP contribution in [-0.2, 0) is 11.3 Å². The minimum absolute atomic E-state index is 0.0348. The average molecular weight is 420 g/mol. The Bertz CT molecular complexity index is 909. The predicted molar refractivity (Wildman–Crippen MR) is 102 cm³/mol. The van der Waals surface area contributed by atoms with Crippen molar-refractivity contribution in [1.29, 1.82) is 0 Å². The first-order chi connectivity index (χ1) is 11.9. The van der Waals surface area contributed by atoms with E-state index in [0.29, 0.717) is 23.2 Å². The van der Waals surface area contributed by atoms with E-state index in [1.807, 2.05) is 44.2 Å². The van der Waals surface area contributed by atoms with Crippen molar-refractivity contribution in [1.82, 2.24) is 24.5 Å². The molecule has 0 saturated carbocycles. The lowest BCUT2D eigenvalue weighted by Crippen LogP contribution is -2.27. The summed E-state index contributed by atoms with van der Waals surface area (Å²) in [6.45, 7) is 4.46. The minimum Gasteiger partial charge on any atom is -0.341 e. The fraction of sp³-hybridized carbons (Fsp3) is 0.294. The van der Waals surface area contributed by atoms with Crippen LogP contribution in [0, 0.1) is 13.8 Å². The molecule has 3 aromatic rings. The van der Waals surface area contributed by atoms with E-state index >= 15 is 0 Å². The van der Waals surface area contributed by atoms with Crippen molar-refractivity contribution >= 4 is 39.4 Å². The highest BCUT2D eigenvalue weighted by molar-refractivity contribution is 9.10. The van der Waals surface area contributed by atoms with Gasteiger partial charge in [-0.05, 0) is 37.6 Å². The molecule has 0 saturated heterocycles. The lowest BCUT2D eigenvalue weighted by atomic mass is 10.2. The normalized spacial score (nSPS) is 11.0. The lowest BCUT2D eigenvalue weighted by Gasteiger charge is -2.16. The van der Waals surface area contributed by atoms with Crippen LogP contribution in [0.2, 0.25) is 0 Å². The van der Waals surface area contributed by atoms with Gasteiger partial charge in [0.2, 0.25) is 11.1 Å². The van der Waals surface area contributed by atoms with E-state index in [-0.39, 0.29) is 5.91 Å². The van der Waals surface area contributed by atoms with Crippen molar-refractivity contribution in [2.75, 3.05) is 12.8 Å². The summed E-state index contributed by atoms with van der Waals surface area (Å²) in [6.07, 6.45) is 0. The Hall–Kier alpha value is -1.93. The Labute approximate surface area is 158 Å². The topological polar surface area (TPSA) is 63.4 Å². The molecule has 0 fully saturated rings. The number of rotatable bonds is 5. The zero-order valence-electron chi connectivity index (χ0n) is 14.2. The predicted octanol–water partition coefficient (Wildman–Crippen LogP) is 3.25. The van der Waals surface area contributed by atoms with Gasteiger partial charge in [0, 0.05) is 29.5 Å². The number of fused-ring (bicyclic) bond motifs is 1. The van der Waals surface area contributed by atoms with Gasteiger partial charge >= 0.3 is 0 Å². The molecule has 0 aliphatic rings. The van der Waals surface area contributed by atoms with Crippen molar-refractivity contribution in [3.8, 4) is 0 Å². The summed E-state index contributed by atoms with van der Waals surface area (Å²) < 4.78 is 2.73. The summed E-state index contributed by atoms with van der Waals surface area (Å²) >= 11 is 4.74. The maximum Gasteiger partial charge on any atom is 0.253 e. The van der Waals surface area contributed by atoms with Crippen molar-refractivity contribution in [2.24, 2.45) is 0 Å². The van der Waals surface area contributed by atoms with Crippen LogP contribution >= 0.6 is 27.7 Å². The fourth-order valence-electron chi connectivity index (χ4n) is 2.40. The highest BCUT2D eigenvalue weighted by atomic mass is 79.9. The van der Waals surface area contributed by atoms with Gasteiger partial charge in [-0.2, -0.15) is 4.98 Å². The van der Waals surface area contributed by atoms with Crippen molar-refractivity contribution in [2.45, 2.75) is 25.5 Å². The van der Waals surface area contributed by atoms with Crippen LogP contribution in [0.1, 0.15) is 17.0 Å². The van der Waals surface area contributed by atoms with E-state index < -0.39 is 0 Å². The smallest absolute Gasteiger partial charge is 0.253 e. The van der Waals surface area contributed by atoms with Gasteiger partial charge in [0.1, 0.15) is 0 Å². The molecule has 1 amide bonds. The summed E-state index contributed by atoms with van der Waals surface area (Å²) in [7, 11) is 1.80. The van der Waals surface area contributed by atoms with Gasteiger partial charge in [0.05, 0.1) is 5.75 Å². The monoisotopic (exact) mass is 419 g/mol. The molecule has 0 unspecified atom stereocenters. The van der Waals surface area contributed by atoms with Gasteiger partial charge in [-0.3, -0.25) is 4.79 Å². The highest BCUT2D eigenvalue weighted by Crippen LogP contribution is 2.17. The lowest BCUT2D eigenvalue weighted by molar-refractivity contribution is -0.127. The largest absolute Gasteiger partial charge is 0.341 e. The number of amides is 1. The summed E-state index contributed by atoms with van der Waals surface area (Å²) in [6, 6.07) is 9.90. The number of hydrogen-bond donors (Lipinski definition) is 0. The molecule has 2 heterocycles. The minimum atomic E-state index is 0.0348. The number of aromatic nitrogens is 4. The Kier molecular flexibility index (Phi) is 5.39. The molecular formula is C17H18BrN5OS. The number of hydrogen-bond acceptors (Lipinski definition) is 5. The zero-order chi connectivity index (χ0) is 18.0. The average Bonchev–Trinajstić information content (AvgIpc) is 2.98. The van der Waals surface area contributed by atoms with Gasteiger partial charge in [0.25, 0.3) is 5.78 Å². The molecule has 2 aromatic heterocycles. The van der Waals surface area contributed by atoms with Crippen LogP contribution in [-0.4, -0.2) is 43.2 Å². The van der Waals surface area contributed by atoms with E-state index in [0.717, 1.165) is 21.4 Å². The van der Waals surface area contributed by atoms with Crippen molar-refractivity contribution in [3.63, 3.8) is 0 Å². The van der Waals surface area contributed by atoms with Crippen LogP contribution in [0.15, 0.2) is 40.0 Å². The third kappa shape index (κ3) is 4.38. The molecule has 130 valence electrons. The van der Waals surface area contributed by atoms with E-state index in [2.05, 4.69) is 31.0 Å². The van der Waals surface area contributed by atoms with Crippen LogP contribution in [0.5, 0.6) is 0 Å². The molecule has 0 aliphatic carbocycles. The number of nitrogens with zero attached hydrogens (tertiary/aromatic N) is 5. The van der Waals surface area contributed by atoms with Crippen LogP contribution in [0.3, 0.4) is 0 Å². The highest BCUT2D eigenvalue weighted by Gasteiger charge is 2.13. The summed E-state index contributed by atoms with van der Waals surface area (Å²) in [5.41, 5.74) is 2.96. The first kappa shape index (κ1) is 17.9. The van der Waals surface area contributed by atoms with Crippen LogP contribution in [0.25, 0.3) is 5.78 Å². The number of benzene rings is 1. The maximum atomic E-state index is 12.3. The standard InChI is InChI=1S/C17H18BrN5OS/c1-11-8-12(2)23-16(19-11)20-17(21-23)25-10-15(24)22(3)9-13-4-6-14(18)7-5-13/h4-8H,9-10H2,1-3H3. The third-order valence-corrected chi connectivity index (χ3v) is 5.03. The molecule has 0 radical (unpaired) electrons. The Balaban J connectivity index is 1.61. The Morgan fingerprint density at radius 1 is 1.24 bits per heavy atom. The van der Waals surface area contributed by atoms with Gasteiger partial charge in [-0.25, -0.2) is 9.50 Å². The molecule has 0 N–H and O–H groups in total. The molecule has 25 heavy (non-hydrogen) atoms. The molecule has 0 atom stereocenters. The quantitative estimate of drug-likeness (QED) is 0.593. The number of carbonyl (C=O) groups excluding carboxylic acids is 1. The molecule has 3 rings (SSSR count). The first-order valence-electron chi connectivity index (χ1n) is 7.74. The van der Waals surface area contributed by atoms with E-state index in [9.17, 15) is 4.79 Å². The molecule has 6 nitrogen and oxygen atoms in total. The Morgan fingerprint density at radius 2 is 1.96 bits per heavy atom. The molecule has 1 aromatic carbocycles. The van der Waals surface area contributed by atoms with E-state index in [1.54, 1.807) is 16.5 Å². The maximum absolute atomic E-state index is 12.3. The van der Waals surface area contributed by atoms with E-state index in [1.165, 1.54) is 11.8 Å². The third-order valence-electron chi connectivity index (χ3n) is 3.68. The fourth-order valence-corrected chi connectivity index (χ4v) is 3.42. The Morgan fingerprint density at radius 3 is 2.68 bits per heavy atom. The summed E-state index contributed by atoms with van der Waals surface area (Å²) in [4.78, 5) is 22.8. The van der Waals surface area contributed by atoms with E-state index in [4.69, 9.17) is 0 Å². The molecule has 0 spiro atoms. The zero-order valence-corrected chi connectivity index (χ0v) is 16.6. The number of aryl methyl sites for hydroxylation is 2. The van der Waals surface area contributed by atoms with Crippen molar-refractivity contribution < 1.29 is 4.79 Å². The van der Waals surface area contributed by atoms with Gasteiger partial charge in [0.15, 0.2) is 0 Å². The molecule has 8 heteroatoms. The first-order valence-corrected chi connectivity index (χ1v) is 9.52. The summed E-state index contributed by atoms with van der Waals surface area (Å²) in [5, 5.41) is 4.97. The van der Waals surface area contributed by atoms with Crippen molar-refractivity contribution in [3.05, 3.63) is 51.8 Å². The second-order valence-electron chi connectivity index (χ2n) is 5.81. The van der Waals surface area contributed by atoms with Gasteiger partial charge < -0.3 is 4.90 Å². The van der Waals surface area contributed by atoms with Gasteiger partial charge in [-0.15, -0.1) is 5.10 Å². The number of thioether (sulfide) groups is 1. The van der Waals surface area contributed by atoms with Gasteiger partial charge in [-0.1, -0.05) is 39.8 Å². The van der Waals surface area contributed by atoms with Crippen LogP contribution in [0.4, 0.5) is 0 Å². The second-order valence-corrected chi connectivity index (χ2v) is 7.67. The SMILES string of the molecule is Cc1cc(C)n2nc(SCC(=O)N(C)Cc3ccc(Br)cc3)nc2n1. The molecule has 0 bridgehead atoms. The number of carbonyl (C=O) groups is 1. The molecular weight excluding hydrogens is 402 g/mol. The second kappa shape index (κ2) is 7.53. The van der Waals surface area contributed by atoms with Crippen LogP contribution < -0.4 is 0 Å². The summed E-state index contributed by atoms with van der Waals surface area (Å²) in [5.74, 6) is 0.894. The molecule has 0 aliphatic heterocycles.